The van der Waals surface area contributed by atoms with Crippen LogP contribution in [0.25, 0.3) is 0 Å². The molecular formula is C29H35BrN6O6. The third-order valence-corrected chi connectivity index (χ3v) is 7.21. The molecule has 13 heteroatoms. The maximum atomic E-state index is 13.1. The van der Waals surface area contributed by atoms with Crippen LogP contribution in [-0.2, 0) is 25.5 Å². The van der Waals surface area contributed by atoms with Crippen LogP contribution in [0.4, 0.5) is 16.2 Å². The van der Waals surface area contributed by atoms with Gasteiger partial charge in [-0.05, 0) is 77.6 Å². The molecule has 224 valence electrons. The van der Waals surface area contributed by atoms with Crippen molar-refractivity contribution in [3.63, 3.8) is 0 Å². The van der Waals surface area contributed by atoms with Crippen molar-refractivity contribution in [1.82, 2.24) is 21.3 Å². The largest absolute Gasteiger partial charge is 0.495 e. The Morgan fingerprint density at radius 3 is 2.31 bits per heavy atom. The van der Waals surface area contributed by atoms with E-state index < -0.39 is 29.1 Å². The average molecular weight is 644 g/mol. The zero-order valence-corrected chi connectivity index (χ0v) is 25.6. The predicted octanol–water partition coefficient (Wildman–Crippen LogP) is 2.79. The van der Waals surface area contributed by atoms with Crippen LogP contribution >= 0.6 is 15.9 Å². The molecule has 0 aliphatic heterocycles. The van der Waals surface area contributed by atoms with Crippen molar-refractivity contribution in [3.8, 4) is 5.75 Å². The summed E-state index contributed by atoms with van der Waals surface area (Å²) in [5.74, 6) is -1.02. The number of hydrogen-bond acceptors (Lipinski definition) is 8. The van der Waals surface area contributed by atoms with E-state index in [2.05, 4.69) is 47.8 Å². The lowest BCUT2D eigenvalue weighted by Crippen LogP contribution is -2.78. The van der Waals surface area contributed by atoms with Crippen molar-refractivity contribution in [2.24, 2.45) is 0 Å². The van der Waals surface area contributed by atoms with Gasteiger partial charge in [-0.25, -0.2) is 9.59 Å². The molecule has 0 bridgehead atoms. The zero-order chi connectivity index (χ0) is 30.9. The Balaban J connectivity index is 1.77. The van der Waals surface area contributed by atoms with Gasteiger partial charge in [-0.1, -0.05) is 25.1 Å². The molecule has 2 aromatic rings. The average Bonchev–Trinajstić information content (AvgIpc) is 2.95. The Hall–Kier alpha value is -4.20. The topological polar surface area (TPSA) is 159 Å². The number of carbonyl (C=O) groups is 4. The molecule has 0 saturated heterocycles. The first-order valence-corrected chi connectivity index (χ1v) is 13.8. The van der Waals surface area contributed by atoms with E-state index in [1.807, 2.05) is 19.1 Å². The van der Waals surface area contributed by atoms with Gasteiger partial charge in [0, 0.05) is 17.1 Å². The second-order valence-corrected chi connectivity index (χ2v) is 10.2. The summed E-state index contributed by atoms with van der Waals surface area (Å²) < 4.78 is 11.2. The molecule has 2 atom stereocenters. The second kappa shape index (κ2) is 14.1. The minimum absolute atomic E-state index is 0.0208. The van der Waals surface area contributed by atoms with E-state index in [1.165, 1.54) is 21.1 Å². The summed E-state index contributed by atoms with van der Waals surface area (Å²) in [6.45, 7) is 3.53. The summed E-state index contributed by atoms with van der Waals surface area (Å²) in [6.07, 6.45) is 4.66. The number of benzene rings is 2. The van der Waals surface area contributed by atoms with Gasteiger partial charge in [0.15, 0.2) is 5.54 Å². The third kappa shape index (κ3) is 7.16. The molecule has 0 radical (unpaired) electrons. The van der Waals surface area contributed by atoms with E-state index in [9.17, 15) is 19.2 Å². The smallest absolute Gasteiger partial charge is 0.334 e. The highest BCUT2D eigenvalue weighted by atomic mass is 79.9. The molecule has 0 heterocycles. The van der Waals surface area contributed by atoms with Crippen molar-refractivity contribution < 1.29 is 28.7 Å². The number of esters is 1. The van der Waals surface area contributed by atoms with E-state index >= 15 is 0 Å². The maximum absolute atomic E-state index is 13.1. The lowest BCUT2D eigenvalue weighted by molar-refractivity contribution is -0.150. The predicted molar refractivity (Wildman–Crippen MR) is 163 cm³/mol. The Labute approximate surface area is 252 Å². The van der Waals surface area contributed by atoms with Crippen LogP contribution in [-0.4, -0.2) is 62.8 Å². The second-order valence-electron chi connectivity index (χ2n) is 9.32. The number of carbonyl (C=O) groups excluding carboxylic acids is 4. The van der Waals surface area contributed by atoms with Crippen LogP contribution in [0.3, 0.4) is 0 Å². The SMILES string of the molecule is CCNC1(C(=O)OC)C=CC(NC(=O)Cc2ccc(NC(=O)Nc3ccccc3Br)c(OC)c2)=CC1(NC)NC(C)=O. The first-order chi connectivity index (χ1) is 20.0. The van der Waals surface area contributed by atoms with E-state index in [4.69, 9.17) is 9.47 Å². The van der Waals surface area contributed by atoms with Crippen molar-refractivity contribution in [2.75, 3.05) is 38.4 Å². The third-order valence-electron chi connectivity index (χ3n) is 6.52. The van der Waals surface area contributed by atoms with Crippen LogP contribution < -0.4 is 36.6 Å². The van der Waals surface area contributed by atoms with Crippen LogP contribution in [0.5, 0.6) is 5.75 Å². The number of likely N-dealkylation sites (N-methyl/N-ethyl adjacent to an activating group) is 2. The Morgan fingerprint density at radius 1 is 0.976 bits per heavy atom. The van der Waals surface area contributed by atoms with Gasteiger partial charge in [0.2, 0.25) is 11.8 Å². The fraction of sp³-hybridized carbons (Fsp3) is 0.310. The lowest BCUT2D eigenvalue weighted by atomic mass is 9.78. The molecular weight excluding hydrogens is 608 g/mol. The summed E-state index contributed by atoms with van der Waals surface area (Å²) >= 11 is 3.39. The number of urea groups is 1. The first-order valence-electron chi connectivity index (χ1n) is 13.1. The van der Waals surface area contributed by atoms with Crippen molar-refractivity contribution in [3.05, 3.63) is 76.4 Å². The molecule has 12 nitrogen and oxygen atoms in total. The molecule has 0 spiro atoms. The number of allylic oxidation sites excluding steroid dienone is 1. The molecule has 0 saturated carbocycles. The summed E-state index contributed by atoms with van der Waals surface area (Å²) in [4.78, 5) is 50.8. The number of ether oxygens (including phenoxy) is 2. The molecule has 0 fully saturated rings. The van der Waals surface area contributed by atoms with Gasteiger partial charge in [-0.2, -0.15) is 0 Å². The lowest BCUT2D eigenvalue weighted by Gasteiger charge is -2.47. The normalized spacial score (nSPS) is 19.2. The number of anilines is 2. The van der Waals surface area contributed by atoms with Crippen LogP contribution in [0.1, 0.15) is 19.4 Å². The number of methoxy groups -OCH3 is 2. The Bertz CT molecular complexity index is 1410. The van der Waals surface area contributed by atoms with Crippen LogP contribution in [0.15, 0.2) is 70.9 Å². The Morgan fingerprint density at radius 2 is 1.69 bits per heavy atom. The van der Waals surface area contributed by atoms with Gasteiger partial charge in [-0.15, -0.1) is 0 Å². The van der Waals surface area contributed by atoms with Gasteiger partial charge in [0.05, 0.1) is 32.0 Å². The number of nitrogens with one attached hydrogen (secondary N) is 6. The van der Waals surface area contributed by atoms with Gasteiger partial charge < -0.3 is 30.7 Å². The summed E-state index contributed by atoms with van der Waals surface area (Å²) in [6, 6.07) is 11.7. The molecule has 1 aliphatic rings. The van der Waals surface area contributed by atoms with Gasteiger partial charge in [0.25, 0.3) is 0 Å². The molecule has 42 heavy (non-hydrogen) atoms. The summed E-state index contributed by atoms with van der Waals surface area (Å²) in [7, 11) is 4.31. The van der Waals surface area contributed by atoms with Crippen molar-refractivity contribution >= 4 is 51.1 Å². The number of rotatable bonds is 11. The van der Waals surface area contributed by atoms with Crippen molar-refractivity contribution in [2.45, 2.75) is 31.5 Å². The number of halogens is 1. The number of hydrogen-bond donors (Lipinski definition) is 6. The molecule has 1 aliphatic carbocycles. The monoisotopic (exact) mass is 642 g/mol. The minimum Gasteiger partial charge on any atom is -0.495 e. The zero-order valence-electron chi connectivity index (χ0n) is 24.0. The van der Waals surface area contributed by atoms with Gasteiger partial charge >= 0.3 is 12.0 Å². The number of para-hydroxylation sites is 1. The summed E-state index contributed by atoms with van der Waals surface area (Å²) in [5.41, 5.74) is -0.936. The Kier molecular flexibility index (Phi) is 10.9. The molecule has 3 rings (SSSR count). The van der Waals surface area contributed by atoms with E-state index in [0.717, 1.165) is 4.47 Å². The highest BCUT2D eigenvalue weighted by Crippen LogP contribution is 2.31. The molecule has 6 N–H and O–H groups in total. The van der Waals surface area contributed by atoms with Crippen molar-refractivity contribution in [1.29, 1.82) is 0 Å². The van der Waals surface area contributed by atoms with Gasteiger partial charge in [0.1, 0.15) is 11.4 Å². The van der Waals surface area contributed by atoms with Crippen LogP contribution in [0.2, 0.25) is 0 Å². The van der Waals surface area contributed by atoms with E-state index in [-0.39, 0.29) is 12.3 Å². The fourth-order valence-corrected chi connectivity index (χ4v) is 5.06. The van der Waals surface area contributed by atoms with E-state index in [0.29, 0.717) is 34.9 Å². The summed E-state index contributed by atoms with van der Waals surface area (Å²) in [5, 5.41) is 17.2. The first kappa shape index (κ1) is 32.3. The maximum Gasteiger partial charge on any atom is 0.334 e. The highest BCUT2D eigenvalue weighted by molar-refractivity contribution is 9.10. The molecule has 2 aromatic carbocycles. The van der Waals surface area contributed by atoms with Gasteiger partial charge in [-0.3, -0.25) is 20.2 Å². The minimum atomic E-state index is -1.48. The fourth-order valence-electron chi connectivity index (χ4n) is 4.68. The molecule has 4 amide bonds. The standard InChI is InChI=1S/C29H35BrN6O6/c1-6-32-28(26(39)42-5)14-13-20(17-29(28,31-3)36-18(2)37)33-25(38)16-19-11-12-23(24(15-19)41-4)35-27(40)34-22-10-8-7-9-21(22)30/h7-15,17,31-32H,6,16H2,1-5H3,(H,33,38)(H,36,37)(H2,34,35,40). The highest BCUT2D eigenvalue weighted by Gasteiger charge is 2.56. The van der Waals surface area contributed by atoms with E-state index in [1.54, 1.807) is 55.6 Å². The molecule has 0 aromatic heterocycles. The molecule has 2 unspecified atom stereocenters. The number of amides is 4. The quantitative estimate of drug-likeness (QED) is 0.161. The van der Waals surface area contributed by atoms with Crippen LogP contribution in [0, 0.1) is 0 Å².